The van der Waals surface area contributed by atoms with Crippen LogP contribution in [0.5, 0.6) is 0 Å². The zero-order chi connectivity index (χ0) is 8.15. The first kappa shape index (κ1) is 9.88. The summed E-state index contributed by atoms with van der Waals surface area (Å²) in [5.41, 5.74) is 0. The molecule has 0 radical (unpaired) electrons. The van der Waals surface area contributed by atoms with E-state index in [0.29, 0.717) is 13.1 Å². The summed E-state index contributed by atoms with van der Waals surface area (Å²) < 4.78 is 0. The van der Waals surface area contributed by atoms with Crippen molar-refractivity contribution in [2.75, 3.05) is 20.1 Å². The molecule has 0 bridgehead atoms. The summed E-state index contributed by atoms with van der Waals surface area (Å²) in [6.07, 6.45) is -0.632. The molecule has 0 saturated carbocycles. The van der Waals surface area contributed by atoms with Crippen LogP contribution in [-0.4, -0.2) is 47.5 Å². The first-order valence-corrected chi connectivity index (χ1v) is 3.57. The minimum Gasteiger partial charge on any atom is -0.392 e. The van der Waals surface area contributed by atoms with E-state index in [1.165, 1.54) is 0 Å². The van der Waals surface area contributed by atoms with Crippen molar-refractivity contribution in [2.24, 2.45) is 0 Å². The predicted molar refractivity (Wildman–Crippen MR) is 40.9 cm³/mol. The number of likely N-dealkylation sites (N-methyl/N-ethyl adjacent to an activating group) is 1. The van der Waals surface area contributed by atoms with Gasteiger partial charge in [-0.1, -0.05) is 0 Å². The van der Waals surface area contributed by atoms with Gasteiger partial charge in [-0.25, -0.2) is 0 Å². The number of nitrogens with zero attached hydrogens (tertiary/aromatic N) is 1. The summed E-state index contributed by atoms with van der Waals surface area (Å²) in [4.78, 5) is 1.90. The lowest BCUT2D eigenvalue weighted by molar-refractivity contribution is 0.0990. The fourth-order valence-electron chi connectivity index (χ4n) is 0.977. The summed E-state index contributed by atoms with van der Waals surface area (Å²) in [6, 6.07) is 0. The van der Waals surface area contributed by atoms with E-state index in [9.17, 15) is 0 Å². The van der Waals surface area contributed by atoms with Crippen molar-refractivity contribution in [1.29, 1.82) is 0 Å². The van der Waals surface area contributed by atoms with E-state index in [4.69, 9.17) is 10.2 Å². The first-order valence-electron chi connectivity index (χ1n) is 3.57. The average molecular weight is 147 g/mol. The molecule has 10 heavy (non-hydrogen) atoms. The third-order valence-corrected chi connectivity index (χ3v) is 1.15. The Labute approximate surface area is 62.3 Å². The van der Waals surface area contributed by atoms with Gasteiger partial charge in [0.05, 0.1) is 12.2 Å². The van der Waals surface area contributed by atoms with Crippen LogP contribution in [0.1, 0.15) is 13.8 Å². The minimum atomic E-state index is -0.316. The third-order valence-electron chi connectivity index (χ3n) is 1.15. The normalized spacial score (nSPS) is 17.4. The van der Waals surface area contributed by atoms with Crippen molar-refractivity contribution in [3.05, 3.63) is 0 Å². The zero-order valence-electron chi connectivity index (χ0n) is 6.91. The van der Waals surface area contributed by atoms with Gasteiger partial charge in [0.2, 0.25) is 0 Å². The summed E-state index contributed by atoms with van der Waals surface area (Å²) >= 11 is 0. The fourth-order valence-corrected chi connectivity index (χ4v) is 0.977. The molecule has 0 saturated heterocycles. The van der Waals surface area contributed by atoms with E-state index in [-0.39, 0.29) is 12.2 Å². The van der Waals surface area contributed by atoms with Crippen LogP contribution in [-0.2, 0) is 0 Å². The quantitative estimate of drug-likeness (QED) is 0.573. The first-order chi connectivity index (χ1) is 4.52. The van der Waals surface area contributed by atoms with Gasteiger partial charge in [-0.2, -0.15) is 0 Å². The third kappa shape index (κ3) is 6.01. The van der Waals surface area contributed by atoms with E-state index < -0.39 is 0 Å². The lowest BCUT2D eigenvalue weighted by Crippen LogP contribution is -2.32. The molecule has 0 aromatic rings. The zero-order valence-corrected chi connectivity index (χ0v) is 6.91. The second kappa shape index (κ2) is 4.66. The monoisotopic (exact) mass is 147 g/mol. The average Bonchev–Trinajstić information content (AvgIpc) is 1.58. The van der Waals surface area contributed by atoms with Crippen LogP contribution in [0.2, 0.25) is 0 Å². The van der Waals surface area contributed by atoms with Gasteiger partial charge in [-0.05, 0) is 20.9 Å². The van der Waals surface area contributed by atoms with Crippen LogP contribution in [0.15, 0.2) is 0 Å². The standard InChI is InChI=1S/C7H17NO2/c1-6(9)4-8(3)5-7(2)10/h6-7,9-10H,4-5H2,1-3H3. The van der Waals surface area contributed by atoms with Crippen molar-refractivity contribution in [3.8, 4) is 0 Å². The molecule has 0 aliphatic carbocycles. The Kier molecular flexibility index (Phi) is 4.60. The molecule has 2 atom stereocenters. The van der Waals surface area contributed by atoms with Gasteiger partial charge in [0, 0.05) is 13.1 Å². The van der Waals surface area contributed by atoms with Gasteiger partial charge in [0.15, 0.2) is 0 Å². The van der Waals surface area contributed by atoms with E-state index in [0.717, 1.165) is 0 Å². The van der Waals surface area contributed by atoms with Crippen molar-refractivity contribution >= 4 is 0 Å². The maximum Gasteiger partial charge on any atom is 0.0638 e. The Morgan fingerprint density at radius 1 is 1.10 bits per heavy atom. The molecule has 0 rings (SSSR count). The molecule has 0 aliphatic heterocycles. The second-order valence-corrected chi connectivity index (χ2v) is 2.92. The predicted octanol–water partition coefficient (Wildman–Crippen LogP) is -0.320. The molecule has 62 valence electrons. The summed E-state index contributed by atoms with van der Waals surface area (Å²) in [6.45, 7) is 4.70. The maximum atomic E-state index is 8.91. The molecule has 0 aromatic heterocycles. The number of rotatable bonds is 4. The smallest absolute Gasteiger partial charge is 0.0638 e. The summed E-state index contributed by atoms with van der Waals surface area (Å²) in [5.74, 6) is 0. The largest absolute Gasteiger partial charge is 0.392 e. The summed E-state index contributed by atoms with van der Waals surface area (Å²) in [5, 5.41) is 17.8. The molecule has 3 heteroatoms. The molecule has 2 N–H and O–H groups in total. The van der Waals surface area contributed by atoms with Crippen LogP contribution in [0.4, 0.5) is 0 Å². The number of hydrogen-bond acceptors (Lipinski definition) is 3. The second-order valence-electron chi connectivity index (χ2n) is 2.92. The molecule has 0 amide bonds. The highest BCUT2D eigenvalue weighted by atomic mass is 16.3. The molecule has 0 aromatic carbocycles. The molecule has 0 spiro atoms. The molecule has 0 aliphatic rings. The van der Waals surface area contributed by atoms with E-state index in [1.54, 1.807) is 13.8 Å². The van der Waals surface area contributed by atoms with Crippen molar-refractivity contribution in [3.63, 3.8) is 0 Å². The van der Waals surface area contributed by atoms with Crippen LogP contribution in [0.25, 0.3) is 0 Å². The van der Waals surface area contributed by atoms with Crippen LogP contribution < -0.4 is 0 Å². The minimum absolute atomic E-state index is 0.316. The van der Waals surface area contributed by atoms with Gasteiger partial charge in [-0.15, -0.1) is 0 Å². The van der Waals surface area contributed by atoms with Gasteiger partial charge in [0.1, 0.15) is 0 Å². The van der Waals surface area contributed by atoms with Gasteiger partial charge < -0.3 is 15.1 Å². The van der Waals surface area contributed by atoms with E-state index >= 15 is 0 Å². The van der Waals surface area contributed by atoms with Gasteiger partial charge in [0.25, 0.3) is 0 Å². The molecular formula is C7H17NO2. The fraction of sp³-hybridized carbons (Fsp3) is 1.00. The lowest BCUT2D eigenvalue weighted by atomic mass is 10.3. The molecule has 3 nitrogen and oxygen atoms in total. The van der Waals surface area contributed by atoms with E-state index in [2.05, 4.69) is 0 Å². The molecule has 0 heterocycles. The van der Waals surface area contributed by atoms with E-state index in [1.807, 2.05) is 11.9 Å². The van der Waals surface area contributed by atoms with Crippen molar-refractivity contribution in [1.82, 2.24) is 4.90 Å². The molecule has 2 unspecified atom stereocenters. The topological polar surface area (TPSA) is 43.7 Å². The van der Waals surface area contributed by atoms with Crippen LogP contribution >= 0.6 is 0 Å². The van der Waals surface area contributed by atoms with Crippen LogP contribution in [0, 0.1) is 0 Å². The van der Waals surface area contributed by atoms with Crippen molar-refractivity contribution in [2.45, 2.75) is 26.1 Å². The van der Waals surface area contributed by atoms with Crippen LogP contribution in [0.3, 0.4) is 0 Å². The number of aliphatic hydroxyl groups is 2. The Bertz CT molecular complexity index is 73.7. The van der Waals surface area contributed by atoms with Gasteiger partial charge in [-0.3, -0.25) is 0 Å². The highest BCUT2D eigenvalue weighted by Crippen LogP contribution is 1.90. The lowest BCUT2D eigenvalue weighted by Gasteiger charge is -2.19. The molecule has 0 fully saturated rings. The summed E-state index contributed by atoms with van der Waals surface area (Å²) in [7, 11) is 1.87. The Morgan fingerprint density at radius 2 is 1.40 bits per heavy atom. The Balaban J connectivity index is 3.34. The Morgan fingerprint density at radius 3 is 1.60 bits per heavy atom. The maximum absolute atomic E-state index is 8.91. The number of aliphatic hydroxyl groups excluding tert-OH is 2. The Hall–Kier alpha value is -0.120. The SMILES string of the molecule is CC(O)CN(C)CC(C)O. The highest BCUT2D eigenvalue weighted by Gasteiger charge is 2.04. The van der Waals surface area contributed by atoms with Gasteiger partial charge >= 0.3 is 0 Å². The number of hydrogen-bond donors (Lipinski definition) is 2. The molecular weight excluding hydrogens is 130 g/mol. The highest BCUT2D eigenvalue weighted by molar-refractivity contribution is 4.58. The van der Waals surface area contributed by atoms with Crippen molar-refractivity contribution < 1.29 is 10.2 Å².